The molecule has 0 bridgehead atoms. The lowest BCUT2D eigenvalue weighted by atomic mass is 9.80. The van der Waals surface area contributed by atoms with E-state index >= 15 is 0 Å². The number of hydrogen-bond acceptors (Lipinski definition) is 6. The quantitative estimate of drug-likeness (QED) is 0.840. The number of piperidine rings is 1. The number of ether oxygens (including phenoxy) is 1. The smallest absolute Gasteiger partial charge is 0.245 e. The summed E-state index contributed by atoms with van der Waals surface area (Å²) in [6, 6.07) is 0. The second-order valence-electron chi connectivity index (χ2n) is 7.57. The van der Waals surface area contributed by atoms with Crippen LogP contribution in [0.5, 0.6) is 0 Å². The van der Waals surface area contributed by atoms with E-state index in [-0.39, 0.29) is 5.41 Å². The lowest BCUT2D eigenvalue weighted by Crippen LogP contribution is -2.45. The lowest BCUT2D eigenvalue weighted by Gasteiger charge is -2.36. The Bertz CT molecular complexity index is 574. The van der Waals surface area contributed by atoms with Gasteiger partial charge in [0.15, 0.2) is 0 Å². The van der Waals surface area contributed by atoms with Gasteiger partial charge in [-0.2, -0.15) is 5.10 Å². The first-order valence-electron chi connectivity index (χ1n) is 8.89. The van der Waals surface area contributed by atoms with Gasteiger partial charge < -0.3 is 14.5 Å². The number of aryl methyl sites for hydroxylation is 2. The van der Waals surface area contributed by atoms with Crippen LogP contribution in [-0.4, -0.2) is 66.0 Å². The monoisotopic (exact) mass is 317 g/mol. The maximum atomic E-state index is 5.87. The maximum absolute atomic E-state index is 5.87. The van der Waals surface area contributed by atoms with Crippen LogP contribution in [0.4, 0.5) is 5.95 Å². The highest BCUT2D eigenvalue weighted by molar-refractivity contribution is 5.34. The van der Waals surface area contributed by atoms with Crippen LogP contribution in [-0.2, 0) is 4.74 Å². The van der Waals surface area contributed by atoms with Crippen LogP contribution in [0, 0.1) is 25.2 Å². The number of rotatable bonds is 3. The van der Waals surface area contributed by atoms with Crippen molar-refractivity contribution < 1.29 is 4.74 Å². The molecule has 0 amide bonds. The van der Waals surface area contributed by atoms with Gasteiger partial charge in [-0.05, 0) is 39.8 Å². The van der Waals surface area contributed by atoms with Crippen molar-refractivity contribution in [2.75, 3.05) is 50.8 Å². The Hall–Kier alpha value is -1.27. The summed E-state index contributed by atoms with van der Waals surface area (Å²) in [6.45, 7) is 11.4. The van der Waals surface area contributed by atoms with Gasteiger partial charge in [0.25, 0.3) is 0 Å². The average molecular weight is 317 g/mol. The molecule has 0 spiro atoms. The number of nitrogens with zero attached hydrogens (tertiary/aromatic N) is 5. The molecule has 4 heterocycles. The molecule has 0 saturated carbocycles. The predicted molar refractivity (Wildman–Crippen MR) is 88.5 cm³/mol. The Labute approximate surface area is 138 Å². The molecule has 6 heteroatoms. The highest BCUT2D eigenvalue weighted by Gasteiger charge is 2.52. The molecule has 0 aromatic carbocycles. The molecule has 0 N–H and O–H groups in total. The summed E-state index contributed by atoms with van der Waals surface area (Å²) >= 11 is 0. The highest BCUT2D eigenvalue weighted by Crippen LogP contribution is 2.43. The van der Waals surface area contributed by atoms with Crippen molar-refractivity contribution in [3.63, 3.8) is 0 Å². The Kier molecular flexibility index (Phi) is 3.97. The van der Waals surface area contributed by atoms with E-state index in [0.29, 0.717) is 5.92 Å². The van der Waals surface area contributed by atoms with Crippen molar-refractivity contribution in [1.29, 1.82) is 0 Å². The molecule has 3 aliphatic heterocycles. The number of anilines is 1. The zero-order valence-corrected chi connectivity index (χ0v) is 14.3. The minimum Gasteiger partial charge on any atom is -0.380 e. The zero-order valence-electron chi connectivity index (χ0n) is 14.3. The summed E-state index contributed by atoms with van der Waals surface area (Å²) in [5, 5.41) is 8.60. The topological polar surface area (TPSA) is 54.4 Å². The van der Waals surface area contributed by atoms with E-state index in [0.717, 1.165) is 50.2 Å². The fraction of sp³-hybridized carbons (Fsp3) is 0.824. The van der Waals surface area contributed by atoms with Gasteiger partial charge in [-0.3, -0.25) is 0 Å². The van der Waals surface area contributed by atoms with Crippen LogP contribution >= 0.6 is 0 Å². The van der Waals surface area contributed by atoms with Crippen molar-refractivity contribution in [3.05, 3.63) is 11.4 Å². The van der Waals surface area contributed by atoms with E-state index in [1.807, 2.05) is 13.8 Å². The molecule has 1 aromatic rings. The Morgan fingerprint density at radius 3 is 2.74 bits per heavy atom. The number of aromatic nitrogens is 3. The van der Waals surface area contributed by atoms with E-state index in [2.05, 4.69) is 25.0 Å². The molecule has 23 heavy (non-hydrogen) atoms. The molecule has 3 saturated heterocycles. The lowest BCUT2D eigenvalue weighted by molar-refractivity contribution is 0.104. The van der Waals surface area contributed by atoms with Crippen LogP contribution in [0.3, 0.4) is 0 Å². The highest BCUT2D eigenvalue weighted by atomic mass is 16.5. The van der Waals surface area contributed by atoms with Gasteiger partial charge in [0.2, 0.25) is 5.95 Å². The van der Waals surface area contributed by atoms with E-state index in [1.165, 1.54) is 32.4 Å². The average Bonchev–Trinajstić information content (AvgIpc) is 3.07. The summed E-state index contributed by atoms with van der Waals surface area (Å²) in [6.07, 6.45) is 4.07. The minimum atomic E-state index is 0.249. The molecular weight excluding hydrogens is 290 g/mol. The SMILES string of the molecule is Cc1nnc(N2C[C@@H]3COC[C@]3(CN3CCCCC3)C2)nc1C. The van der Waals surface area contributed by atoms with Gasteiger partial charge >= 0.3 is 0 Å². The molecule has 3 fully saturated rings. The van der Waals surface area contributed by atoms with Crippen molar-refractivity contribution in [2.45, 2.75) is 33.1 Å². The van der Waals surface area contributed by atoms with E-state index in [9.17, 15) is 0 Å². The van der Waals surface area contributed by atoms with Crippen molar-refractivity contribution in [3.8, 4) is 0 Å². The fourth-order valence-electron chi connectivity index (χ4n) is 4.35. The standard InChI is InChI=1S/C17H27N5O/c1-13-14(2)19-20-16(18-13)22-8-15-9-23-12-17(15,11-22)10-21-6-4-3-5-7-21/h15H,3-12H2,1-2H3/t15-,17+/m1/s1. The molecule has 0 radical (unpaired) electrons. The molecule has 3 aliphatic rings. The summed E-state index contributed by atoms with van der Waals surface area (Å²) in [4.78, 5) is 9.63. The van der Waals surface area contributed by atoms with E-state index in [1.54, 1.807) is 0 Å². The number of hydrogen-bond donors (Lipinski definition) is 0. The van der Waals surface area contributed by atoms with Crippen molar-refractivity contribution >= 4 is 5.95 Å². The molecule has 2 atom stereocenters. The minimum absolute atomic E-state index is 0.249. The number of likely N-dealkylation sites (tertiary alicyclic amines) is 1. The first kappa shape index (κ1) is 15.3. The zero-order chi connectivity index (χ0) is 15.9. The molecule has 6 nitrogen and oxygen atoms in total. The Morgan fingerprint density at radius 1 is 1.13 bits per heavy atom. The third kappa shape index (κ3) is 2.83. The van der Waals surface area contributed by atoms with Gasteiger partial charge in [-0.15, -0.1) is 5.10 Å². The first-order valence-corrected chi connectivity index (χ1v) is 8.89. The van der Waals surface area contributed by atoms with Crippen LogP contribution < -0.4 is 4.90 Å². The maximum Gasteiger partial charge on any atom is 0.245 e. The van der Waals surface area contributed by atoms with Crippen LogP contribution in [0.1, 0.15) is 30.7 Å². The summed E-state index contributed by atoms with van der Waals surface area (Å²) in [5.74, 6) is 1.38. The molecule has 126 valence electrons. The number of fused-ring (bicyclic) bond motifs is 1. The summed E-state index contributed by atoms with van der Waals surface area (Å²) < 4.78 is 5.87. The van der Waals surface area contributed by atoms with E-state index < -0.39 is 0 Å². The van der Waals surface area contributed by atoms with Gasteiger partial charge in [0, 0.05) is 31.0 Å². The molecule has 0 unspecified atom stereocenters. The van der Waals surface area contributed by atoms with Gasteiger partial charge in [-0.25, -0.2) is 4.98 Å². The Balaban J connectivity index is 1.52. The second-order valence-corrected chi connectivity index (χ2v) is 7.57. The largest absolute Gasteiger partial charge is 0.380 e. The molecule has 4 rings (SSSR count). The predicted octanol–water partition coefficient (Wildman–Crippen LogP) is 1.43. The van der Waals surface area contributed by atoms with Crippen molar-refractivity contribution in [1.82, 2.24) is 20.1 Å². The van der Waals surface area contributed by atoms with Gasteiger partial charge in [0.1, 0.15) is 0 Å². The van der Waals surface area contributed by atoms with Crippen LogP contribution in [0.25, 0.3) is 0 Å². The summed E-state index contributed by atoms with van der Waals surface area (Å²) in [5.41, 5.74) is 2.15. The van der Waals surface area contributed by atoms with Gasteiger partial charge in [-0.1, -0.05) is 6.42 Å². The van der Waals surface area contributed by atoms with Crippen LogP contribution in [0.2, 0.25) is 0 Å². The molecule has 1 aromatic heterocycles. The second kappa shape index (κ2) is 5.98. The molecular formula is C17H27N5O. The Morgan fingerprint density at radius 2 is 1.96 bits per heavy atom. The third-order valence-electron chi connectivity index (χ3n) is 5.87. The fourth-order valence-corrected chi connectivity index (χ4v) is 4.35. The van der Waals surface area contributed by atoms with Crippen LogP contribution in [0.15, 0.2) is 0 Å². The normalized spacial score (nSPS) is 31.6. The first-order chi connectivity index (χ1) is 11.2. The van der Waals surface area contributed by atoms with Crippen molar-refractivity contribution in [2.24, 2.45) is 11.3 Å². The third-order valence-corrected chi connectivity index (χ3v) is 5.87. The van der Waals surface area contributed by atoms with E-state index in [4.69, 9.17) is 4.74 Å². The van der Waals surface area contributed by atoms with Gasteiger partial charge in [0.05, 0.1) is 24.6 Å². The molecule has 0 aliphatic carbocycles. The summed E-state index contributed by atoms with van der Waals surface area (Å²) in [7, 11) is 0.